The Hall–Kier alpha value is -1.81. The van der Waals surface area contributed by atoms with Gasteiger partial charge < -0.3 is 10.6 Å². The second-order valence-electron chi connectivity index (χ2n) is 4.13. The molecule has 2 rings (SSSR count). The van der Waals surface area contributed by atoms with Crippen LogP contribution in [0.4, 0.5) is 15.9 Å². The van der Waals surface area contributed by atoms with Crippen molar-refractivity contribution in [1.82, 2.24) is 4.98 Å². The molecule has 0 atom stereocenters. The highest BCUT2D eigenvalue weighted by Crippen LogP contribution is 2.23. The molecule has 0 fully saturated rings. The topological polar surface area (TPSA) is 42.2 Å². The average Bonchev–Trinajstić information content (AvgIpc) is 2.41. The Balaban J connectivity index is 2.29. The zero-order chi connectivity index (χ0) is 13.8. The number of hydrogen-bond acceptors (Lipinski definition) is 3. The van der Waals surface area contributed by atoms with Crippen molar-refractivity contribution in [1.29, 1.82) is 0 Å². The van der Waals surface area contributed by atoms with Crippen molar-refractivity contribution in [3.63, 3.8) is 0 Å². The first-order valence-corrected chi connectivity index (χ1v) is 6.40. The predicted octanol–water partition coefficient (Wildman–Crippen LogP) is 3.48. The molecule has 0 unspecified atom stereocenters. The molecule has 2 aromatic rings. The monoisotopic (exact) mass is 279 g/mol. The van der Waals surface area contributed by atoms with E-state index in [1.807, 2.05) is 11.8 Å². The fourth-order valence-electron chi connectivity index (χ4n) is 1.87. The highest BCUT2D eigenvalue weighted by Gasteiger charge is 2.12. The van der Waals surface area contributed by atoms with E-state index in [-0.39, 0.29) is 5.82 Å². The minimum absolute atomic E-state index is 0.260. The van der Waals surface area contributed by atoms with Crippen LogP contribution in [-0.2, 0) is 6.54 Å². The lowest BCUT2D eigenvalue weighted by molar-refractivity contribution is 0.617. The molecule has 0 saturated carbocycles. The second kappa shape index (κ2) is 5.89. The van der Waals surface area contributed by atoms with Crippen LogP contribution < -0.4 is 10.6 Å². The van der Waals surface area contributed by atoms with Crippen LogP contribution in [0.5, 0.6) is 0 Å². The van der Waals surface area contributed by atoms with E-state index in [1.165, 1.54) is 6.07 Å². The van der Waals surface area contributed by atoms with Crippen LogP contribution in [0.25, 0.3) is 0 Å². The third-order valence-corrected chi connectivity index (χ3v) is 3.20. The molecule has 19 heavy (non-hydrogen) atoms. The number of benzene rings is 1. The number of nitrogens with two attached hydrogens (primary N) is 1. The molecule has 0 aliphatic carbocycles. The van der Waals surface area contributed by atoms with Crippen molar-refractivity contribution in [2.75, 3.05) is 17.2 Å². The highest BCUT2D eigenvalue weighted by molar-refractivity contribution is 6.31. The number of nitrogen functional groups attached to an aromatic ring is 1. The van der Waals surface area contributed by atoms with Gasteiger partial charge in [-0.1, -0.05) is 23.7 Å². The first kappa shape index (κ1) is 13.6. The maximum Gasteiger partial charge on any atom is 0.146 e. The number of para-hydroxylation sites is 1. The molecular formula is C14H15ClFN3. The molecule has 1 aromatic carbocycles. The summed E-state index contributed by atoms with van der Waals surface area (Å²) in [5, 5.41) is 0.531. The SMILES string of the molecule is CCN(Cc1nc(N)ccc1Cl)c1ccccc1F. The zero-order valence-corrected chi connectivity index (χ0v) is 11.4. The fourth-order valence-corrected chi connectivity index (χ4v) is 2.03. The summed E-state index contributed by atoms with van der Waals surface area (Å²) in [6.07, 6.45) is 0. The Morgan fingerprint density at radius 2 is 2.00 bits per heavy atom. The van der Waals surface area contributed by atoms with Crippen LogP contribution in [0.1, 0.15) is 12.6 Å². The Morgan fingerprint density at radius 1 is 1.26 bits per heavy atom. The summed E-state index contributed by atoms with van der Waals surface area (Å²) >= 11 is 6.09. The van der Waals surface area contributed by atoms with Gasteiger partial charge in [-0.05, 0) is 31.2 Å². The highest BCUT2D eigenvalue weighted by atomic mass is 35.5. The van der Waals surface area contributed by atoms with Crippen molar-refractivity contribution in [2.24, 2.45) is 0 Å². The molecule has 0 aliphatic rings. The summed E-state index contributed by atoms with van der Waals surface area (Å²) < 4.78 is 13.8. The van der Waals surface area contributed by atoms with Gasteiger partial charge in [-0.25, -0.2) is 9.37 Å². The van der Waals surface area contributed by atoms with Gasteiger partial charge in [0.15, 0.2) is 0 Å². The third kappa shape index (κ3) is 3.15. The first-order chi connectivity index (χ1) is 9.11. The Morgan fingerprint density at radius 3 is 2.68 bits per heavy atom. The van der Waals surface area contributed by atoms with E-state index in [0.29, 0.717) is 35.3 Å². The van der Waals surface area contributed by atoms with Gasteiger partial charge in [0, 0.05) is 6.54 Å². The van der Waals surface area contributed by atoms with Gasteiger partial charge in [0.25, 0.3) is 0 Å². The third-order valence-electron chi connectivity index (χ3n) is 2.86. The number of anilines is 2. The molecular weight excluding hydrogens is 265 g/mol. The normalized spacial score (nSPS) is 10.5. The van der Waals surface area contributed by atoms with Gasteiger partial charge in [0.1, 0.15) is 11.6 Å². The van der Waals surface area contributed by atoms with E-state index in [0.717, 1.165) is 0 Å². The van der Waals surface area contributed by atoms with E-state index in [9.17, 15) is 4.39 Å². The minimum Gasteiger partial charge on any atom is -0.384 e. The molecule has 0 radical (unpaired) electrons. The van der Waals surface area contributed by atoms with E-state index < -0.39 is 0 Å². The van der Waals surface area contributed by atoms with E-state index in [1.54, 1.807) is 30.3 Å². The van der Waals surface area contributed by atoms with Gasteiger partial charge >= 0.3 is 0 Å². The van der Waals surface area contributed by atoms with Gasteiger partial charge in [-0.3, -0.25) is 0 Å². The average molecular weight is 280 g/mol. The predicted molar refractivity (Wildman–Crippen MR) is 76.8 cm³/mol. The number of pyridine rings is 1. The summed E-state index contributed by atoms with van der Waals surface area (Å²) in [4.78, 5) is 6.06. The number of hydrogen-bond donors (Lipinski definition) is 1. The molecule has 0 saturated heterocycles. The Kier molecular flexibility index (Phi) is 4.22. The standard InChI is InChI=1S/C14H15ClFN3/c1-2-19(13-6-4-3-5-11(13)16)9-12-10(15)7-8-14(17)18-12/h3-8H,2,9H2,1H3,(H2,17,18). The van der Waals surface area contributed by atoms with Gasteiger partial charge in [-0.15, -0.1) is 0 Å². The van der Waals surface area contributed by atoms with Crippen LogP contribution >= 0.6 is 11.6 Å². The number of halogens is 2. The summed E-state index contributed by atoms with van der Waals surface area (Å²) in [5.74, 6) is 0.147. The molecule has 0 amide bonds. The fraction of sp³-hybridized carbons (Fsp3) is 0.214. The van der Waals surface area contributed by atoms with Gasteiger partial charge in [-0.2, -0.15) is 0 Å². The molecule has 1 aromatic heterocycles. The van der Waals surface area contributed by atoms with Gasteiger partial charge in [0.05, 0.1) is 22.9 Å². The van der Waals surface area contributed by atoms with Crippen molar-refractivity contribution >= 4 is 23.1 Å². The molecule has 5 heteroatoms. The number of aromatic nitrogens is 1. The molecule has 3 nitrogen and oxygen atoms in total. The lowest BCUT2D eigenvalue weighted by Gasteiger charge is -2.23. The molecule has 100 valence electrons. The summed E-state index contributed by atoms with van der Waals surface area (Å²) in [7, 11) is 0. The van der Waals surface area contributed by atoms with Crippen molar-refractivity contribution in [2.45, 2.75) is 13.5 Å². The van der Waals surface area contributed by atoms with Crippen LogP contribution in [0.15, 0.2) is 36.4 Å². The quantitative estimate of drug-likeness (QED) is 0.932. The summed E-state index contributed by atoms with van der Waals surface area (Å²) in [6, 6.07) is 9.99. The molecule has 0 aliphatic heterocycles. The zero-order valence-electron chi connectivity index (χ0n) is 10.6. The largest absolute Gasteiger partial charge is 0.384 e. The van der Waals surface area contributed by atoms with E-state index in [2.05, 4.69) is 4.98 Å². The summed E-state index contributed by atoms with van der Waals surface area (Å²) in [5.41, 5.74) is 6.83. The van der Waals surface area contributed by atoms with Crippen molar-refractivity contribution in [3.05, 3.63) is 52.9 Å². The lowest BCUT2D eigenvalue weighted by Crippen LogP contribution is -2.24. The maximum absolute atomic E-state index is 13.8. The van der Waals surface area contributed by atoms with Crippen LogP contribution in [0, 0.1) is 5.82 Å². The van der Waals surface area contributed by atoms with Crippen molar-refractivity contribution in [3.8, 4) is 0 Å². The van der Waals surface area contributed by atoms with E-state index in [4.69, 9.17) is 17.3 Å². The number of rotatable bonds is 4. The van der Waals surface area contributed by atoms with Gasteiger partial charge in [0.2, 0.25) is 0 Å². The minimum atomic E-state index is -0.260. The Labute approximate surface area is 116 Å². The smallest absolute Gasteiger partial charge is 0.146 e. The molecule has 0 bridgehead atoms. The van der Waals surface area contributed by atoms with Crippen LogP contribution in [-0.4, -0.2) is 11.5 Å². The number of nitrogens with zero attached hydrogens (tertiary/aromatic N) is 2. The second-order valence-corrected chi connectivity index (χ2v) is 4.54. The molecule has 0 spiro atoms. The first-order valence-electron chi connectivity index (χ1n) is 6.02. The molecule has 1 heterocycles. The van der Waals surface area contributed by atoms with Crippen LogP contribution in [0.3, 0.4) is 0 Å². The van der Waals surface area contributed by atoms with E-state index >= 15 is 0 Å². The van der Waals surface area contributed by atoms with Crippen LogP contribution in [0.2, 0.25) is 5.02 Å². The maximum atomic E-state index is 13.8. The van der Waals surface area contributed by atoms with Crippen molar-refractivity contribution < 1.29 is 4.39 Å². The summed E-state index contributed by atoms with van der Waals surface area (Å²) in [6.45, 7) is 3.02. The lowest BCUT2D eigenvalue weighted by atomic mass is 10.2. The molecule has 2 N–H and O–H groups in total. The Bertz CT molecular complexity index is 574.